The van der Waals surface area contributed by atoms with Gasteiger partial charge in [-0.1, -0.05) is 46.2 Å². The zero-order valence-corrected chi connectivity index (χ0v) is 9.53. The van der Waals surface area contributed by atoms with E-state index in [4.69, 9.17) is 11.6 Å². The van der Waals surface area contributed by atoms with Crippen molar-refractivity contribution in [3.63, 3.8) is 0 Å². The molecule has 1 N–H and O–H groups in total. The Morgan fingerprint density at radius 1 is 1.54 bits per heavy atom. The highest BCUT2D eigenvalue weighted by Crippen LogP contribution is 2.11. The first-order chi connectivity index (χ1) is 6.18. The molecule has 70 valence electrons. The molecule has 0 aliphatic rings. The zero-order valence-electron chi connectivity index (χ0n) is 7.19. The number of benzene rings is 1. The van der Waals surface area contributed by atoms with Crippen molar-refractivity contribution in [1.29, 1.82) is 0 Å². The van der Waals surface area contributed by atoms with E-state index < -0.39 is 0 Å². The second kappa shape index (κ2) is 5.43. The summed E-state index contributed by atoms with van der Waals surface area (Å²) in [5.41, 5.74) is 1.23. The molecule has 1 aromatic carbocycles. The van der Waals surface area contributed by atoms with Gasteiger partial charge in [0.1, 0.15) is 0 Å². The van der Waals surface area contributed by atoms with Crippen LogP contribution in [0.2, 0.25) is 0 Å². The van der Waals surface area contributed by atoms with Crippen molar-refractivity contribution < 1.29 is 0 Å². The van der Waals surface area contributed by atoms with Crippen molar-refractivity contribution in [3.8, 4) is 0 Å². The van der Waals surface area contributed by atoms with Crippen LogP contribution in [0, 0.1) is 0 Å². The summed E-state index contributed by atoms with van der Waals surface area (Å²) < 4.78 is 1.09. The Balaban J connectivity index is 2.41. The zero-order chi connectivity index (χ0) is 9.68. The van der Waals surface area contributed by atoms with Gasteiger partial charge in [-0.3, -0.25) is 0 Å². The number of nitrogens with one attached hydrogen (secondary N) is 1. The third kappa shape index (κ3) is 4.46. The van der Waals surface area contributed by atoms with Crippen molar-refractivity contribution >= 4 is 27.5 Å². The average molecular weight is 261 g/mol. The van der Waals surface area contributed by atoms with Crippen LogP contribution in [0.4, 0.5) is 0 Å². The molecule has 0 spiro atoms. The van der Waals surface area contributed by atoms with Gasteiger partial charge in [0, 0.05) is 22.6 Å². The first-order valence-corrected chi connectivity index (χ1v) is 5.14. The highest BCUT2D eigenvalue weighted by molar-refractivity contribution is 9.10. The van der Waals surface area contributed by atoms with E-state index in [-0.39, 0.29) is 0 Å². The van der Waals surface area contributed by atoms with Crippen LogP contribution in [0.5, 0.6) is 0 Å². The Bertz CT molecular complexity index is 299. The molecule has 1 nitrogen and oxygen atoms in total. The molecular formula is C10H11BrClN. The number of hydrogen-bond acceptors (Lipinski definition) is 1. The standard InChI is InChI=1S/C10H11BrClN/c1-8(12)6-13-7-9-3-2-4-10(11)5-9/h2-5,13H,1,6-7H2. The molecule has 0 radical (unpaired) electrons. The summed E-state index contributed by atoms with van der Waals surface area (Å²) in [4.78, 5) is 0. The summed E-state index contributed by atoms with van der Waals surface area (Å²) in [5, 5.41) is 3.81. The van der Waals surface area contributed by atoms with Gasteiger partial charge in [-0.05, 0) is 17.7 Å². The maximum Gasteiger partial charge on any atom is 0.0310 e. The fourth-order valence-electron chi connectivity index (χ4n) is 0.989. The fourth-order valence-corrected chi connectivity index (χ4v) is 1.53. The second-order valence-electron chi connectivity index (χ2n) is 2.75. The van der Waals surface area contributed by atoms with Crippen molar-refractivity contribution in [2.75, 3.05) is 6.54 Å². The Hall–Kier alpha value is -0.310. The molecule has 0 heterocycles. The van der Waals surface area contributed by atoms with Crippen LogP contribution in [0.15, 0.2) is 40.3 Å². The third-order valence-electron chi connectivity index (χ3n) is 1.53. The Morgan fingerprint density at radius 2 is 2.31 bits per heavy atom. The molecule has 0 bridgehead atoms. The molecule has 0 fully saturated rings. The van der Waals surface area contributed by atoms with Gasteiger partial charge in [0.05, 0.1) is 0 Å². The third-order valence-corrected chi connectivity index (χ3v) is 2.16. The molecule has 1 aromatic rings. The molecule has 0 saturated carbocycles. The molecular weight excluding hydrogens is 249 g/mol. The minimum Gasteiger partial charge on any atom is -0.308 e. The van der Waals surface area contributed by atoms with E-state index in [2.05, 4.69) is 40.0 Å². The van der Waals surface area contributed by atoms with Crippen LogP contribution in [0.25, 0.3) is 0 Å². The van der Waals surface area contributed by atoms with Crippen molar-refractivity contribution in [2.45, 2.75) is 6.54 Å². The molecule has 0 aliphatic carbocycles. The lowest BCUT2D eigenvalue weighted by Crippen LogP contribution is -2.14. The fraction of sp³-hybridized carbons (Fsp3) is 0.200. The van der Waals surface area contributed by atoms with E-state index in [1.807, 2.05) is 12.1 Å². The van der Waals surface area contributed by atoms with Crippen LogP contribution in [-0.4, -0.2) is 6.54 Å². The summed E-state index contributed by atoms with van der Waals surface area (Å²) in [6.07, 6.45) is 0. The highest BCUT2D eigenvalue weighted by Gasteiger charge is 1.93. The van der Waals surface area contributed by atoms with Gasteiger partial charge in [-0.2, -0.15) is 0 Å². The first-order valence-electron chi connectivity index (χ1n) is 3.97. The predicted molar refractivity (Wildman–Crippen MR) is 60.8 cm³/mol. The molecule has 0 saturated heterocycles. The van der Waals surface area contributed by atoms with Gasteiger partial charge in [0.15, 0.2) is 0 Å². The van der Waals surface area contributed by atoms with Crippen LogP contribution in [0.1, 0.15) is 5.56 Å². The maximum atomic E-state index is 5.61. The smallest absolute Gasteiger partial charge is 0.0310 e. The summed E-state index contributed by atoms with van der Waals surface area (Å²) in [7, 11) is 0. The van der Waals surface area contributed by atoms with Crippen LogP contribution < -0.4 is 5.32 Å². The average Bonchev–Trinajstić information content (AvgIpc) is 2.03. The molecule has 0 unspecified atom stereocenters. The lowest BCUT2D eigenvalue weighted by atomic mass is 10.2. The van der Waals surface area contributed by atoms with Gasteiger partial charge in [-0.15, -0.1) is 0 Å². The Labute approximate surface area is 91.9 Å². The summed E-state index contributed by atoms with van der Waals surface area (Å²) in [5.74, 6) is 0. The van der Waals surface area contributed by atoms with E-state index in [1.165, 1.54) is 5.56 Å². The lowest BCUT2D eigenvalue weighted by molar-refractivity contribution is 0.754. The molecule has 0 aromatic heterocycles. The summed E-state index contributed by atoms with van der Waals surface area (Å²) in [6, 6.07) is 8.15. The predicted octanol–water partition coefficient (Wildman–Crippen LogP) is 3.29. The highest BCUT2D eigenvalue weighted by atomic mass is 79.9. The number of rotatable bonds is 4. The van der Waals surface area contributed by atoms with E-state index in [1.54, 1.807) is 0 Å². The van der Waals surface area contributed by atoms with Gasteiger partial charge < -0.3 is 5.32 Å². The SMILES string of the molecule is C=C(Cl)CNCc1cccc(Br)c1. The largest absolute Gasteiger partial charge is 0.308 e. The van der Waals surface area contributed by atoms with Crippen LogP contribution in [0.3, 0.4) is 0 Å². The summed E-state index contributed by atoms with van der Waals surface area (Å²) >= 11 is 9.02. The minimum atomic E-state index is 0.634. The van der Waals surface area contributed by atoms with Gasteiger partial charge in [0.25, 0.3) is 0 Å². The Kier molecular flexibility index (Phi) is 4.50. The van der Waals surface area contributed by atoms with Crippen molar-refractivity contribution in [1.82, 2.24) is 5.32 Å². The normalized spacial score (nSPS) is 10.0. The van der Waals surface area contributed by atoms with Crippen LogP contribution in [-0.2, 0) is 6.54 Å². The van der Waals surface area contributed by atoms with E-state index >= 15 is 0 Å². The van der Waals surface area contributed by atoms with Crippen LogP contribution >= 0.6 is 27.5 Å². The number of hydrogen-bond donors (Lipinski definition) is 1. The molecule has 0 amide bonds. The molecule has 3 heteroatoms. The first kappa shape index (κ1) is 10.8. The molecule has 13 heavy (non-hydrogen) atoms. The quantitative estimate of drug-likeness (QED) is 0.876. The van der Waals surface area contributed by atoms with E-state index in [0.717, 1.165) is 11.0 Å². The molecule has 0 atom stereocenters. The van der Waals surface area contributed by atoms with Gasteiger partial charge >= 0.3 is 0 Å². The lowest BCUT2D eigenvalue weighted by Gasteiger charge is -2.03. The van der Waals surface area contributed by atoms with E-state index in [9.17, 15) is 0 Å². The van der Waals surface area contributed by atoms with Gasteiger partial charge in [-0.25, -0.2) is 0 Å². The molecule has 1 rings (SSSR count). The Morgan fingerprint density at radius 3 is 2.92 bits per heavy atom. The molecule has 0 aliphatic heterocycles. The topological polar surface area (TPSA) is 12.0 Å². The van der Waals surface area contributed by atoms with E-state index in [0.29, 0.717) is 11.6 Å². The summed E-state index contributed by atoms with van der Waals surface area (Å²) in [6.45, 7) is 5.06. The van der Waals surface area contributed by atoms with Gasteiger partial charge in [0.2, 0.25) is 0 Å². The maximum absolute atomic E-state index is 5.61. The van der Waals surface area contributed by atoms with Crippen molar-refractivity contribution in [2.24, 2.45) is 0 Å². The minimum absolute atomic E-state index is 0.634. The monoisotopic (exact) mass is 259 g/mol. The number of halogens is 2. The van der Waals surface area contributed by atoms with Crippen molar-refractivity contribution in [3.05, 3.63) is 45.9 Å². The second-order valence-corrected chi connectivity index (χ2v) is 4.20.